The molecule has 3 saturated carbocycles. The van der Waals surface area contributed by atoms with E-state index in [1.54, 1.807) is 0 Å². The van der Waals surface area contributed by atoms with Crippen LogP contribution in [-0.4, -0.2) is 46.1 Å². The monoisotopic (exact) mass is 404 g/mol. The summed E-state index contributed by atoms with van der Waals surface area (Å²) in [4.78, 5) is 36.0. The second kappa shape index (κ2) is 6.74. The van der Waals surface area contributed by atoms with Crippen molar-refractivity contribution in [2.75, 3.05) is 6.61 Å². The van der Waals surface area contributed by atoms with Gasteiger partial charge in [0.15, 0.2) is 18.0 Å². The molecule has 0 aromatic carbocycles. The third kappa shape index (κ3) is 2.78. The zero-order valence-corrected chi connectivity index (χ0v) is 17.6. The van der Waals surface area contributed by atoms with Gasteiger partial charge < -0.3 is 14.9 Å². The average molecular weight is 405 g/mol. The highest BCUT2D eigenvalue weighted by Crippen LogP contribution is 2.67. The van der Waals surface area contributed by atoms with Crippen LogP contribution in [0.25, 0.3) is 0 Å². The number of esters is 1. The third-order valence-corrected chi connectivity index (χ3v) is 9.01. The van der Waals surface area contributed by atoms with Gasteiger partial charge in [-0.05, 0) is 67.8 Å². The number of allylic oxidation sites excluding steroid dienone is 1. The van der Waals surface area contributed by atoms with Gasteiger partial charge in [0.25, 0.3) is 0 Å². The van der Waals surface area contributed by atoms with Crippen LogP contribution in [0.4, 0.5) is 0 Å². The van der Waals surface area contributed by atoms with E-state index in [1.165, 1.54) is 12.5 Å². The number of hydrogen-bond donors (Lipinski definition) is 2. The Hall–Kier alpha value is -1.53. The van der Waals surface area contributed by atoms with Crippen molar-refractivity contribution in [1.29, 1.82) is 0 Å². The molecule has 6 nitrogen and oxygen atoms in total. The summed E-state index contributed by atoms with van der Waals surface area (Å²) in [6, 6.07) is 0. The smallest absolute Gasteiger partial charge is 0.303 e. The fourth-order valence-corrected chi connectivity index (χ4v) is 7.36. The maximum absolute atomic E-state index is 12.9. The van der Waals surface area contributed by atoms with Crippen molar-refractivity contribution in [2.24, 2.45) is 28.6 Å². The number of aliphatic hydroxyl groups excluding tert-OH is 1. The molecule has 0 saturated heterocycles. The standard InChI is InChI=1S/C23H32O6/c1-13(24)29-12-20(27)23(28)19(26)11-18-16-5-4-14-10-15(25)6-8-21(14,2)17(16)7-9-22(18,23)3/h10,16-19,26,28H,4-9,11-12H2,1-3H3/t16-,17+,18+,19+,21+,22+,23-/m1/s1. The number of aliphatic hydroxyl groups is 2. The molecule has 0 amide bonds. The molecule has 160 valence electrons. The minimum absolute atomic E-state index is 0.00837. The van der Waals surface area contributed by atoms with Crippen LogP contribution in [0.2, 0.25) is 0 Å². The van der Waals surface area contributed by atoms with E-state index in [2.05, 4.69) is 6.92 Å². The fourth-order valence-electron chi connectivity index (χ4n) is 7.36. The van der Waals surface area contributed by atoms with E-state index in [0.29, 0.717) is 31.1 Å². The van der Waals surface area contributed by atoms with Crippen molar-refractivity contribution in [3.63, 3.8) is 0 Å². The molecular weight excluding hydrogens is 372 g/mol. The van der Waals surface area contributed by atoms with Crippen LogP contribution in [0.5, 0.6) is 0 Å². The molecule has 29 heavy (non-hydrogen) atoms. The van der Waals surface area contributed by atoms with Crippen LogP contribution in [0, 0.1) is 28.6 Å². The van der Waals surface area contributed by atoms with E-state index >= 15 is 0 Å². The molecule has 0 bridgehead atoms. The van der Waals surface area contributed by atoms with Crippen molar-refractivity contribution in [3.05, 3.63) is 11.6 Å². The van der Waals surface area contributed by atoms with Crippen molar-refractivity contribution < 1.29 is 29.3 Å². The molecule has 0 aromatic rings. The molecule has 0 radical (unpaired) electrons. The number of rotatable bonds is 3. The Kier molecular flexibility index (Phi) is 4.82. The van der Waals surface area contributed by atoms with Crippen LogP contribution in [-0.2, 0) is 19.1 Å². The lowest BCUT2D eigenvalue weighted by Gasteiger charge is -2.58. The first-order valence-electron chi connectivity index (χ1n) is 10.8. The highest BCUT2D eigenvalue weighted by molar-refractivity contribution is 5.92. The van der Waals surface area contributed by atoms with Gasteiger partial charge in [-0.25, -0.2) is 0 Å². The Morgan fingerprint density at radius 1 is 1.17 bits per heavy atom. The van der Waals surface area contributed by atoms with Crippen molar-refractivity contribution >= 4 is 17.5 Å². The Bertz CT molecular complexity index is 786. The predicted octanol–water partition coefficient (Wildman–Crippen LogP) is 2.35. The van der Waals surface area contributed by atoms with Gasteiger partial charge in [-0.3, -0.25) is 14.4 Å². The lowest BCUT2D eigenvalue weighted by atomic mass is 9.46. The second-order valence-corrected chi connectivity index (χ2v) is 10.1. The van der Waals surface area contributed by atoms with Gasteiger partial charge in [0.1, 0.15) is 0 Å². The van der Waals surface area contributed by atoms with Gasteiger partial charge in [0, 0.05) is 18.8 Å². The molecule has 0 unspecified atom stereocenters. The number of carbonyl (C=O) groups is 3. The highest BCUT2D eigenvalue weighted by atomic mass is 16.5. The van der Waals surface area contributed by atoms with Crippen LogP contribution in [0.1, 0.15) is 65.7 Å². The molecule has 0 spiro atoms. The van der Waals surface area contributed by atoms with Gasteiger partial charge in [0.05, 0.1) is 6.10 Å². The topological polar surface area (TPSA) is 101 Å². The van der Waals surface area contributed by atoms with Crippen molar-refractivity contribution in [1.82, 2.24) is 0 Å². The quantitative estimate of drug-likeness (QED) is 0.701. The molecular formula is C23H32O6. The van der Waals surface area contributed by atoms with Crippen LogP contribution >= 0.6 is 0 Å². The summed E-state index contributed by atoms with van der Waals surface area (Å²) in [5, 5.41) is 22.3. The second-order valence-electron chi connectivity index (χ2n) is 10.1. The molecule has 0 heterocycles. The lowest BCUT2D eigenvalue weighted by Crippen LogP contribution is -2.61. The van der Waals surface area contributed by atoms with Crippen molar-refractivity contribution in [2.45, 2.75) is 77.4 Å². The van der Waals surface area contributed by atoms with E-state index in [1.807, 2.05) is 13.0 Å². The van der Waals surface area contributed by atoms with Gasteiger partial charge in [-0.2, -0.15) is 0 Å². The maximum Gasteiger partial charge on any atom is 0.303 e. The van der Waals surface area contributed by atoms with Gasteiger partial charge in [0.2, 0.25) is 5.78 Å². The maximum atomic E-state index is 12.9. The van der Waals surface area contributed by atoms with Crippen LogP contribution in [0.3, 0.4) is 0 Å². The number of ether oxygens (including phenoxy) is 1. The molecule has 7 atom stereocenters. The highest BCUT2D eigenvalue weighted by Gasteiger charge is 2.69. The van der Waals surface area contributed by atoms with E-state index in [9.17, 15) is 24.6 Å². The minimum Gasteiger partial charge on any atom is -0.458 e. The van der Waals surface area contributed by atoms with Gasteiger partial charge in [-0.15, -0.1) is 0 Å². The minimum atomic E-state index is -1.89. The number of ketones is 2. The third-order valence-electron chi connectivity index (χ3n) is 9.01. The Morgan fingerprint density at radius 2 is 1.90 bits per heavy atom. The summed E-state index contributed by atoms with van der Waals surface area (Å²) in [6.45, 7) is 4.91. The number of fused-ring (bicyclic) bond motifs is 5. The summed E-state index contributed by atoms with van der Waals surface area (Å²) in [5.74, 6) is -0.237. The van der Waals surface area contributed by atoms with E-state index in [0.717, 1.165) is 25.7 Å². The lowest BCUT2D eigenvalue weighted by molar-refractivity contribution is -0.181. The number of carbonyl (C=O) groups excluding carboxylic acids is 3. The van der Waals surface area contributed by atoms with Crippen LogP contribution in [0.15, 0.2) is 11.6 Å². The van der Waals surface area contributed by atoms with Crippen LogP contribution < -0.4 is 0 Å². The van der Waals surface area contributed by atoms with E-state index in [4.69, 9.17) is 4.74 Å². The summed E-state index contributed by atoms with van der Waals surface area (Å²) < 4.78 is 4.86. The first kappa shape index (κ1) is 20.7. The molecule has 4 aliphatic rings. The molecule has 4 aliphatic carbocycles. The van der Waals surface area contributed by atoms with E-state index in [-0.39, 0.29) is 17.1 Å². The number of hydrogen-bond acceptors (Lipinski definition) is 6. The summed E-state index contributed by atoms with van der Waals surface area (Å²) in [7, 11) is 0. The Morgan fingerprint density at radius 3 is 2.59 bits per heavy atom. The van der Waals surface area contributed by atoms with E-state index < -0.39 is 35.5 Å². The predicted molar refractivity (Wildman–Crippen MR) is 105 cm³/mol. The summed E-state index contributed by atoms with van der Waals surface area (Å²) in [6.07, 6.45) is 5.80. The fraction of sp³-hybridized carbons (Fsp3) is 0.783. The first-order chi connectivity index (χ1) is 13.5. The van der Waals surface area contributed by atoms with Gasteiger partial charge >= 0.3 is 5.97 Å². The van der Waals surface area contributed by atoms with Gasteiger partial charge in [-0.1, -0.05) is 19.4 Å². The SMILES string of the molecule is CC(=O)OCC(=O)[C@]1(O)[C@@H](O)C[C@H]2[C@@H]3CCC4=CC(=O)CC[C@]4(C)[C@H]3CC[C@@]21C. The molecule has 6 heteroatoms. The Labute approximate surface area is 171 Å². The summed E-state index contributed by atoms with van der Waals surface area (Å²) >= 11 is 0. The zero-order chi connectivity index (χ0) is 21.2. The Balaban J connectivity index is 1.64. The van der Waals surface area contributed by atoms with Crippen molar-refractivity contribution in [3.8, 4) is 0 Å². The first-order valence-corrected chi connectivity index (χ1v) is 10.8. The average Bonchev–Trinajstić information content (AvgIpc) is 2.88. The summed E-state index contributed by atoms with van der Waals surface area (Å²) in [5.41, 5.74) is -1.38. The zero-order valence-electron chi connectivity index (χ0n) is 17.6. The molecule has 2 N–H and O–H groups in total. The molecule has 0 aromatic heterocycles. The molecule has 3 fully saturated rings. The normalized spacial score (nSPS) is 46.2. The largest absolute Gasteiger partial charge is 0.458 e. The molecule has 4 rings (SSSR count). The number of Topliss-reactive ketones (excluding diaryl/α,β-unsaturated/α-hetero) is 1. The molecule has 0 aliphatic heterocycles.